The Hall–Kier alpha value is -3.29. The first-order valence-corrected chi connectivity index (χ1v) is 12.5. The highest BCUT2D eigenvalue weighted by atomic mass is 35.5. The molecule has 4 aromatic rings. The molecule has 3 heterocycles. The number of likely N-dealkylation sites (tertiary alicyclic amines) is 1. The molecule has 2 aromatic heterocycles. The molecule has 1 saturated heterocycles. The van der Waals surface area contributed by atoms with E-state index >= 15 is 0 Å². The Morgan fingerprint density at radius 1 is 1.11 bits per heavy atom. The second kappa shape index (κ2) is 9.64. The maximum absolute atomic E-state index is 13.6. The number of pyridine rings is 1. The minimum absolute atomic E-state index is 0.159. The number of hydrogen-bond acceptors (Lipinski definition) is 5. The Morgan fingerprint density at radius 3 is 2.50 bits per heavy atom. The van der Waals surface area contributed by atoms with Crippen LogP contribution < -0.4 is 10.3 Å². The molecule has 1 fully saturated rings. The summed E-state index contributed by atoms with van der Waals surface area (Å²) in [6.45, 7) is 5.38. The molecule has 0 saturated carbocycles. The van der Waals surface area contributed by atoms with Gasteiger partial charge in [-0.3, -0.25) is 9.59 Å². The van der Waals surface area contributed by atoms with Gasteiger partial charge < -0.3 is 18.7 Å². The molecule has 0 atom stereocenters. The summed E-state index contributed by atoms with van der Waals surface area (Å²) in [6.07, 6.45) is 1.47. The molecule has 9 heteroatoms. The van der Waals surface area contributed by atoms with Crippen LogP contribution in [-0.2, 0) is 13.0 Å². The molecule has 186 valence electrons. The van der Waals surface area contributed by atoms with Crippen molar-refractivity contribution < 1.29 is 14.1 Å². The Bertz CT molecular complexity index is 1530. The number of ether oxygens (including phenoxy) is 1. The van der Waals surface area contributed by atoms with Gasteiger partial charge in [0.1, 0.15) is 17.1 Å². The van der Waals surface area contributed by atoms with Gasteiger partial charge in [0.2, 0.25) is 0 Å². The van der Waals surface area contributed by atoms with E-state index in [2.05, 4.69) is 5.16 Å². The minimum Gasteiger partial charge on any atom is -0.496 e. The van der Waals surface area contributed by atoms with Crippen LogP contribution >= 0.6 is 23.2 Å². The molecule has 0 N–H and O–H groups in total. The number of carbonyl (C=O) groups is 1. The summed E-state index contributed by atoms with van der Waals surface area (Å²) < 4.78 is 12.8. The van der Waals surface area contributed by atoms with E-state index in [-0.39, 0.29) is 17.0 Å². The smallest absolute Gasteiger partial charge is 0.263 e. The second-order valence-corrected chi connectivity index (χ2v) is 9.78. The van der Waals surface area contributed by atoms with Crippen LogP contribution in [0.25, 0.3) is 22.0 Å². The average Bonchev–Trinajstić information content (AvgIpc) is 3.16. The van der Waals surface area contributed by atoms with Gasteiger partial charge in [0.05, 0.1) is 33.9 Å². The highest BCUT2D eigenvalue weighted by Gasteiger charge is 2.26. The summed E-state index contributed by atoms with van der Waals surface area (Å²) in [4.78, 5) is 28.5. The van der Waals surface area contributed by atoms with E-state index < -0.39 is 0 Å². The Morgan fingerprint density at radius 2 is 1.89 bits per heavy atom. The van der Waals surface area contributed by atoms with Crippen LogP contribution in [0.5, 0.6) is 5.75 Å². The number of hydrogen-bond donors (Lipinski definition) is 0. The molecule has 0 radical (unpaired) electrons. The van der Waals surface area contributed by atoms with Gasteiger partial charge in [-0.1, -0.05) is 34.4 Å². The molecule has 1 amide bonds. The van der Waals surface area contributed by atoms with Crippen LogP contribution in [0, 0.1) is 13.8 Å². The number of aryl methyl sites for hydroxylation is 4. The average molecular weight is 526 g/mol. The number of carbonyl (C=O) groups excluding carboxylic acids is 1. The standard InChI is InChI=1S/C27H25Cl2N3O4/c1-15-25(16(2)36-30-15)19-12-18-13-20(26(33)31-8-4-9-31)27(34)32(23(18)14-24(19)35-3)10-7-17-5-6-21(28)22(29)11-17/h5-6,11-14H,4,7-10H2,1-3H3. The molecule has 0 aliphatic carbocycles. The lowest BCUT2D eigenvalue weighted by Crippen LogP contribution is -2.44. The van der Waals surface area contributed by atoms with Crippen molar-refractivity contribution in [1.29, 1.82) is 0 Å². The van der Waals surface area contributed by atoms with Crippen LogP contribution in [-0.4, -0.2) is 40.7 Å². The predicted octanol–water partition coefficient (Wildman–Crippen LogP) is 5.68. The SMILES string of the molecule is COc1cc2c(cc1-c1c(C)noc1C)cc(C(=O)N1CCC1)c(=O)n2CCc1ccc(Cl)c(Cl)c1. The maximum atomic E-state index is 13.6. The van der Waals surface area contributed by atoms with Gasteiger partial charge in [-0.05, 0) is 56.5 Å². The zero-order valence-electron chi connectivity index (χ0n) is 20.2. The van der Waals surface area contributed by atoms with Crippen LogP contribution in [0.3, 0.4) is 0 Å². The number of halogens is 2. The normalized spacial score (nSPS) is 13.2. The van der Waals surface area contributed by atoms with Crippen LogP contribution in [0.4, 0.5) is 0 Å². The highest BCUT2D eigenvalue weighted by molar-refractivity contribution is 6.42. The van der Waals surface area contributed by atoms with Crippen molar-refractivity contribution in [3.63, 3.8) is 0 Å². The summed E-state index contributed by atoms with van der Waals surface area (Å²) in [5.41, 5.74) is 3.79. The van der Waals surface area contributed by atoms with E-state index in [0.29, 0.717) is 53.1 Å². The third kappa shape index (κ3) is 4.27. The fraction of sp³-hybridized carbons (Fsp3) is 0.296. The molecule has 7 nitrogen and oxygen atoms in total. The van der Waals surface area contributed by atoms with Crippen molar-refractivity contribution in [3.05, 3.63) is 79.4 Å². The largest absolute Gasteiger partial charge is 0.496 e. The number of methoxy groups -OCH3 is 1. The van der Waals surface area contributed by atoms with E-state index in [1.807, 2.05) is 32.0 Å². The molecule has 2 aromatic carbocycles. The molecule has 36 heavy (non-hydrogen) atoms. The maximum Gasteiger partial charge on any atom is 0.263 e. The van der Waals surface area contributed by atoms with Crippen LogP contribution in [0.2, 0.25) is 10.0 Å². The Kier molecular flexibility index (Phi) is 6.53. The topological polar surface area (TPSA) is 77.6 Å². The van der Waals surface area contributed by atoms with Gasteiger partial charge in [0.15, 0.2) is 0 Å². The van der Waals surface area contributed by atoms with Gasteiger partial charge in [-0.15, -0.1) is 0 Å². The fourth-order valence-corrected chi connectivity index (χ4v) is 4.96. The summed E-state index contributed by atoms with van der Waals surface area (Å²) in [6, 6.07) is 10.9. The molecule has 5 rings (SSSR count). The number of nitrogens with zero attached hydrogens (tertiary/aromatic N) is 3. The Labute approximate surface area is 218 Å². The van der Waals surface area contributed by atoms with E-state index in [0.717, 1.165) is 34.2 Å². The van der Waals surface area contributed by atoms with Gasteiger partial charge in [-0.2, -0.15) is 0 Å². The van der Waals surface area contributed by atoms with Gasteiger partial charge in [-0.25, -0.2) is 0 Å². The lowest BCUT2D eigenvalue weighted by molar-refractivity contribution is 0.0649. The highest BCUT2D eigenvalue weighted by Crippen LogP contribution is 2.37. The predicted molar refractivity (Wildman–Crippen MR) is 140 cm³/mol. The third-order valence-electron chi connectivity index (χ3n) is 6.70. The van der Waals surface area contributed by atoms with Crippen molar-refractivity contribution in [3.8, 4) is 16.9 Å². The number of amides is 1. The van der Waals surface area contributed by atoms with E-state index in [9.17, 15) is 9.59 Å². The van der Waals surface area contributed by atoms with E-state index in [1.165, 1.54) is 0 Å². The molecule has 0 spiro atoms. The molecule has 1 aliphatic rings. The summed E-state index contributed by atoms with van der Waals surface area (Å²) >= 11 is 12.3. The zero-order chi connectivity index (χ0) is 25.6. The molecule has 0 bridgehead atoms. The number of fused-ring (bicyclic) bond motifs is 1. The Balaban J connectivity index is 1.68. The zero-order valence-corrected chi connectivity index (χ0v) is 21.7. The van der Waals surface area contributed by atoms with Crippen molar-refractivity contribution in [1.82, 2.24) is 14.6 Å². The lowest BCUT2D eigenvalue weighted by Gasteiger charge is -2.31. The number of aromatic nitrogens is 2. The monoisotopic (exact) mass is 525 g/mol. The van der Waals surface area contributed by atoms with Crippen molar-refractivity contribution in [2.24, 2.45) is 0 Å². The number of rotatable bonds is 6. The van der Waals surface area contributed by atoms with Gasteiger partial charge >= 0.3 is 0 Å². The summed E-state index contributed by atoms with van der Waals surface area (Å²) in [5, 5.41) is 5.76. The van der Waals surface area contributed by atoms with Crippen molar-refractivity contribution in [2.45, 2.75) is 33.2 Å². The summed E-state index contributed by atoms with van der Waals surface area (Å²) in [7, 11) is 1.59. The first kappa shape index (κ1) is 24.4. The van der Waals surface area contributed by atoms with Gasteiger partial charge in [0.25, 0.3) is 11.5 Å². The first-order valence-electron chi connectivity index (χ1n) is 11.7. The lowest BCUT2D eigenvalue weighted by atomic mass is 9.99. The number of benzene rings is 2. The molecular formula is C27H25Cl2N3O4. The fourth-order valence-electron chi connectivity index (χ4n) is 4.64. The van der Waals surface area contributed by atoms with Crippen LogP contribution in [0.1, 0.15) is 33.8 Å². The third-order valence-corrected chi connectivity index (χ3v) is 7.44. The van der Waals surface area contributed by atoms with E-state index in [1.54, 1.807) is 34.8 Å². The van der Waals surface area contributed by atoms with Crippen molar-refractivity contribution in [2.75, 3.05) is 20.2 Å². The second-order valence-electron chi connectivity index (χ2n) is 8.97. The first-order chi connectivity index (χ1) is 17.3. The molecule has 1 aliphatic heterocycles. The minimum atomic E-state index is -0.327. The van der Waals surface area contributed by atoms with Crippen molar-refractivity contribution >= 4 is 40.0 Å². The quantitative estimate of drug-likeness (QED) is 0.323. The molecular weight excluding hydrogens is 501 g/mol. The van der Waals surface area contributed by atoms with E-state index in [4.69, 9.17) is 32.5 Å². The molecule has 0 unspecified atom stereocenters. The van der Waals surface area contributed by atoms with Gasteiger partial charge in [0, 0.05) is 36.7 Å². The summed E-state index contributed by atoms with van der Waals surface area (Å²) in [5.74, 6) is 1.00. The van der Waals surface area contributed by atoms with Crippen LogP contribution in [0.15, 0.2) is 45.7 Å².